The number of piperazine rings is 1. The summed E-state index contributed by atoms with van der Waals surface area (Å²) < 4.78 is 13.8. The van der Waals surface area contributed by atoms with Crippen molar-refractivity contribution in [3.05, 3.63) is 0 Å². The molecule has 4 heteroatoms. The first-order chi connectivity index (χ1) is 6.32. The van der Waals surface area contributed by atoms with E-state index in [9.17, 15) is 4.21 Å². The monoisotopic (exact) mass is 218 g/mol. The molecule has 0 spiro atoms. The van der Waals surface area contributed by atoms with Crippen LogP contribution in [0.1, 0.15) is 20.8 Å². The molecule has 1 aliphatic rings. The Morgan fingerprint density at radius 3 is 2.36 bits per heavy atom. The standard InChI is InChI=1S/C10H22N2OS/c1-9(2)12-7-6-11(8-10(12)3)14(4,5)13/h9-10H,4,6-8H2,1-3,5H3. The molecular weight excluding hydrogens is 196 g/mol. The molecule has 0 aliphatic carbocycles. The molecule has 1 fully saturated rings. The van der Waals surface area contributed by atoms with E-state index in [2.05, 4.69) is 31.5 Å². The lowest BCUT2D eigenvalue weighted by Gasteiger charge is -2.42. The van der Waals surface area contributed by atoms with Gasteiger partial charge >= 0.3 is 0 Å². The van der Waals surface area contributed by atoms with Gasteiger partial charge in [-0.25, -0.2) is 4.31 Å². The fourth-order valence-electron chi connectivity index (χ4n) is 2.06. The zero-order chi connectivity index (χ0) is 10.9. The van der Waals surface area contributed by atoms with E-state index in [4.69, 9.17) is 0 Å². The van der Waals surface area contributed by atoms with Gasteiger partial charge in [-0.05, 0) is 26.6 Å². The minimum atomic E-state index is -2.00. The molecule has 0 aromatic rings. The molecule has 0 amide bonds. The maximum atomic E-state index is 11.8. The Morgan fingerprint density at radius 1 is 1.43 bits per heavy atom. The predicted octanol–water partition coefficient (Wildman–Crippen LogP) is 0.662. The summed E-state index contributed by atoms with van der Waals surface area (Å²) in [6, 6.07) is 1.05. The molecule has 3 nitrogen and oxygen atoms in total. The Labute approximate surface area is 88.2 Å². The molecule has 1 heterocycles. The van der Waals surface area contributed by atoms with Gasteiger partial charge in [0.15, 0.2) is 0 Å². The highest BCUT2D eigenvalue weighted by Gasteiger charge is 2.27. The van der Waals surface area contributed by atoms with Crippen LogP contribution in [0.25, 0.3) is 0 Å². The van der Waals surface area contributed by atoms with Gasteiger partial charge in [0.25, 0.3) is 0 Å². The third kappa shape index (κ3) is 2.72. The first-order valence-corrected chi connectivity index (χ1v) is 7.24. The predicted molar refractivity (Wildman–Crippen MR) is 64.1 cm³/mol. The second kappa shape index (κ2) is 4.21. The van der Waals surface area contributed by atoms with E-state index in [1.54, 1.807) is 6.26 Å². The van der Waals surface area contributed by atoms with Crippen molar-refractivity contribution in [2.24, 2.45) is 0 Å². The van der Waals surface area contributed by atoms with Crippen molar-refractivity contribution in [2.75, 3.05) is 25.9 Å². The molecule has 0 aromatic carbocycles. The van der Waals surface area contributed by atoms with Crippen LogP contribution in [0.15, 0.2) is 0 Å². The zero-order valence-electron chi connectivity index (χ0n) is 9.69. The first kappa shape index (κ1) is 12.0. The van der Waals surface area contributed by atoms with Crippen LogP contribution in [0, 0.1) is 0 Å². The quantitative estimate of drug-likeness (QED) is 0.636. The molecule has 2 unspecified atom stereocenters. The third-order valence-electron chi connectivity index (χ3n) is 2.85. The number of rotatable bonds is 2. The first-order valence-electron chi connectivity index (χ1n) is 5.15. The van der Waals surface area contributed by atoms with Gasteiger partial charge in [0.1, 0.15) is 0 Å². The third-order valence-corrected chi connectivity index (χ3v) is 4.28. The van der Waals surface area contributed by atoms with Gasteiger partial charge in [0.05, 0.1) is 0 Å². The summed E-state index contributed by atoms with van der Waals surface area (Å²) in [5.41, 5.74) is 0. The average molecular weight is 218 g/mol. The largest absolute Gasteiger partial charge is 0.296 e. The van der Waals surface area contributed by atoms with Gasteiger partial charge in [-0.3, -0.25) is 9.11 Å². The number of hydrogen-bond donors (Lipinski definition) is 0. The summed E-state index contributed by atoms with van der Waals surface area (Å²) in [6.45, 7) is 9.36. The van der Waals surface area contributed by atoms with Gasteiger partial charge < -0.3 is 0 Å². The van der Waals surface area contributed by atoms with Crippen LogP contribution in [0.4, 0.5) is 0 Å². The van der Waals surface area contributed by atoms with E-state index < -0.39 is 9.71 Å². The second-order valence-corrected chi connectivity index (χ2v) is 6.96. The van der Waals surface area contributed by atoms with Crippen LogP contribution in [-0.4, -0.2) is 57.3 Å². The van der Waals surface area contributed by atoms with Crippen LogP contribution in [0.3, 0.4) is 0 Å². The van der Waals surface area contributed by atoms with E-state index in [0.29, 0.717) is 12.1 Å². The topological polar surface area (TPSA) is 23.6 Å². The van der Waals surface area contributed by atoms with Gasteiger partial charge in [0, 0.05) is 47.7 Å². The molecule has 2 atom stereocenters. The van der Waals surface area contributed by atoms with Crippen LogP contribution in [-0.2, 0) is 9.71 Å². The molecular formula is C10H22N2OS. The van der Waals surface area contributed by atoms with Crippen LogP contribution in [0.5, 0.6) is 0 Å². The maximum absolute atomic E-state index is 11.8. The summed E-state index contributed by atoms with van der Waals surface area (Å²) in [5, 5.41) is 0. The smallest absolute Gasteiger partial charge is 0.0261 e. The van der Waals surface area contributed by atoms with Crippen molar-refractivity contribution in [2.45, 2.75) is 32.9 Å². The van der Waals surface area contributed by atoms with Crippen LogP contribution >= 0.6 is 0 Å². The number of nitrogens with zero attached hydrogens (tertiary/aromatic N) is 2. The number of hydrogen-bond acceptors (Lipinski definition) is 2. The molecule has 1 saturated heterocycles. The lowest BCUT2D eigenvalue weighted by Crippen LogP contribution is -2.55. The average Bonchev–Trinajstić information content (AvgIpc) is 2.01. The summed E-state index contributed by atoms with van der Waals surface area (Å²) in [6.07, 6.45) is 1.73. The van der Waals surface area contributed by atoms with Crippen molar-refractivity contribution in [3.63, 3.8) is 0 Å². The van der Waals surface area contributed by atoms with Crippen LogP contribution in [0.2, 0.25) is 0 Å². The summed E-state index contributed by atoms with van der Waals surface area (Å²) >= 11 is 0. The van der Waals surface area contributed by atoms with Crippen molar-refractivity contribution < 1.29 is 4.21 Å². The van der Waals surface area contributed by atoms with Gasteiger partial charge in [0.2, 0.25) is 0 Å². The van der Waals surface area contributed by atoms with E-state index in [-0.39, 0.29) is 0 Å². The van der Waals surface area contributed by atoms with Gasteiger partial charge in [-0.2, -0.15) is 0 Å². The molecule has 0 N–H and O–H groups in total. The fraction of sp³-hybridized carbons (Fsp3) is 0.900. The Kier molecular flexibility index (Phi) is 3.61. The summed E-state index contributed by atoms with van der Waals surface area (Å²) in [4.78, 5) is 2.45. The molecule has 14 heavy (non-hydrogen) atoms. The van der Waals surface area contributed by atoms with Crippen molar-refractivity contribution in [3.8, 4) is 0 Å². The zero-order valence-corrected chi connectivity index (χ0v) is 10.5. The highest BCUT2D eigenvalue weighted by Crippen LogP contribution is 2.14. The molecule has 0 bridgehead atoms. The molecule has 0 radical (unpaired) electrons. The Morgan fingerprint density at radius 2 is 2.00 bits per heavy atom. The molecule has 1 rings (SSSR count). The molecule has 84 valence electrons. The van der Waals surface area contributed by atoms with Crippen molar-refractivity contribution >= 4 is 15.6 Å². The maximum Gasteiger partial charge on any atom is 0.0261 e. The van der Waals surface area contributed by atoms with Crippen LogP contribution < -0.4 is 0 Å². The van der Waals surface area contributed by atoms with E-state index in [0.717, 1.165) is 19.6 Å². The molecule has 1 aliphatic heterocycles. The summed E-state index contributed by atoms with van der Waals surface area (Å²) in [5.74, 6) is 3.73. The fourth-order valence-corrected chi connectivity index (χ4v) is 3.06. The highest BCUT2D eigenvalue weighted by molar-refractivity contribution is 7.97. The Balaban J connectivity index is 2.64. The summed E-state index contributed by atoms with van der Waals surface area (Å²) in [7, 11) is -2.00. The Hall–Kier alpha value is -0.0600. The van der Waals surface area contributed by atoms with Crippen molar-refractivity contribution in [1.82, 2.24) is 9.21 Å². The van der Waals surface area contributed by atoms with E-state index in [1.165, 1.54) is 0 Å². The minimum absolute atomic E-state index is 0.478. The lowest BCUT2D eigenvalue weighted by atomic mass is 10.2. The lowest BCUT2D eigenvalue weighted by molar-refractivity contribution is 0.100. The van der Waals surface area contributed by atoms with Gasteiger partial charge in [-0.15, -0.1) is 0 Å². The minimum Gasteiger partial charge on any atom is -0.296 e. The SMILES string of the molecule is C=S(C)(=O)N1CCN(C(C)C)C(C)C1. The highest BCUT2D eigenvalue weighted by atomic mass is 32.2. The molecule has 0 saturated carbocycles. The normalized spacial score (nSPS) is 30.5. The van der Waals surface area contributed by atoms with E-state index >= 15 is 0 Å². The second-order valence-electron chi connectivity index (χ2n) is 4.53. The van der Waals surface area contributed by atoms with Crippen molar-refractivity contribution in [1.29, 1.82) is 0 Å². The Bertz CT molecular complexity index is 284. The van der Waals surface area contributed by atoms with Gasteiger partial charge in [-0.1, -0.05) is 0 Å². The van der Waals surface area contributed by atoms with E-state index in [1.807, 2.05) is 4.31 Å². The molecule has 0 aromatic heterocycles.